The SMILES string of the molecule is CCOC(=O)c1ccc2c(c1)C(=Cc1ccnc3ccccc13)C(=O)N2. The van der Waals surface area contributed by atoms with Gasteiger partial charge in [-0.15, -0.1) is 0 Å². The Kier molecular flexibility index (Phi) is 3.97. The molecule has 0 fully saturated rings. The number of ether oxygens (including phenoxy) is 1. The highest BCUT2D eigenvalue weighted by molar-refractivity contribution is 6.35. The molecule has 0 unspecified atom stereocenters. The van der Waals surface area contributed by atoms with Gasteiger partial charge in [-0.3, -0.25) is 9.78 Å². The minimum absolute atomic E-state index is 0.193. The second kappa shape index (κ2) is 6.44. The van der Waals surface area contributed by atoms with E-state index in [2.05, 4.69) is 10.3 Å². The fraction of sp³-hybridized carbons (Fsp3) is 0.0952. The molecule has 2 heterocycles. The van der Waals surface area contributed by atoms with Crippen LogP contribution in [0.15, 0.2) is 54.7 Å². The molecule has 0 spiro atoms. The van der Waals surface area contributed by atoms with Gasteiger partial charge in [0.05, 0.1) is 17.7 Å². The van der Waals surface area contributed by atoms with Crippen LogP contribution in [0.2, 0.25) is 0 Å². The quantitative estimate of drug-likeness (QED) is 0.578. The van der Waals surface area contributed by atoms with Crippen LogP contribution in [0.4, 0.5) is 5.69 Å². The van der Waals surface area contributed by atoms with E-state index in [0.717, 1.165) is 16.5 Å². The topological polar surface area (TPSA) is 68.3 Å². The summed E-state index contributed by atoms with van der Waals surface area (Å²) >= 11 is 0. The number of rotatable bonds is 3. The van der Waals surface area contributed by atoms with Gasteiger partial charge in [-0.1, -0.05) is 18.2 Å². The maximum absolute atomic E-state index is 12.5. The molecule has 0 radical (unpaired) electrons. The lowest BCUT2D eigenvalue weighted by Crippen LogP contribution is -2.04. The van der Waals surface area contributed by atoms with Crippen LogP contribution in [-0.4, -0.2) is 23.5 Å². The van der Waals surface area contributed by atoms with Crippen LogP contribution in [0.3, 0.4) is 0 Å². The lowest BCUT2D eigenvalue weighted by Gasteiger charge is -2.05. The number of aromatic nitrogens is 1. The summed E-state index contributed by atoms with van der Waals surface area (Å²) in [7, 11) is 0. The van der Waals surface area contributed by atoms with Crippen molar-refractivity contribution in [2.45, 2.75) is 6.92 Å². The molecule has 5 heteroatoms. The van der Waals surface area contributed by atoms with Crippen molar-refractivity contribution in [2.24, 2.45) is 0 Å². The molecule has 3 aromatic rings. The minimum atomic E-state index is -0.400. The van der Waals surface area contributed by atoms with Crippen molar-refractivity contribution in [2.75, 3.05) is 11.9 Å². The Bertz CT molecular complexity index is 1060. The van der Waals surface area contributed by atoms with Crippen molar-refractivity contribution in [3.05, 3.63) is 71.4 Å². The van der Waals surface area contributed by atoms with Crippen LogP contribution in [0.1, 0.15) is 28.4 Å². The van der Waals surface area contributed by atoms with E-state index in [9.17, 15) is 9.59 Å². The van der Waals surface area contributed by atoms with Gasteiger partial charge >= 0.3 is 5.97 Å². The van der Waals surface area contributed by atoms with Crippen molar-refractivity contribution in [3.63, 3.8) is 0 Å². The third-order valence-corrected chi connectivity index (χ3v) is 4.30. The van der Waals surface area contributed by atoms with Crippen molar-refractivity contribution < 1.29 is 14.3 Å². The van der Waals surface area contributed by atoms with Gasteiger partial charge in [0, 0.05) is 28.4 Å². The summed E-state index contributed by atoms with van der Waals surface area (Å²) in [5, 5.41) is 3.80. The number of para-hydroxylation sites is 1. The van der Waals surface area contributed by atoms with Gasteiger partial charge in [-0.2, -0.15) is 0 Å². The van der Waals surface area contributed by atoms with E-state index in [0.29, 0.717) is 29.0 Å². The molecule has 4 rings (SSSR count). The molecular formula is C21H16N2O3. The number of hydrogen-bond donors (Lipinski definition) is 1. The number of benzene rings is 2. The Morgan fingerprint density at radius 1 is 1.19 bits per heavy atom. The Hall–Kier alpha value is -3.47. The predicted molar refractivity (Wildman–Crippen MR) is 101 cm³/mol. The number of pyridine rings is 1. The lowest BCUT2D eigenvalue weighted by molar-refractivity contribution is -0.110. The smallest absolute Gasteiger partial charge is 0.338 e. The van der Waals surface area contributed by atoms with Crippen LogP contribution in [0, 0.1) is 0 Å². The average Bonchev–Trinajstić information content (AvgIpc) is 2.97. The number of carbonyl (C=O) groups excluding carboxylic acids is 2. The molecule has 5 nitrogen and oxygen atoms in total. The summed E-state index contributed by atoms with van der Waals surface area (Å²) < 4.78 is 5.05. The summed E-state index contributed by atoms with van der Waals surface area (Å²) in [4.78, 5) is 28.8. The number of nitrogens with zero attached hydrogens (tertiary/aromatic N) is 1. The number of anilines is 1. The third-order valence-electron chi connectivity index (χ3n) is 4.30. The molecule has 2 aromatic carbocycles. The molecule has 0 aliphatic carbocycles. The number of amides is 1. The first kappa shape index (κ1) is 16.0. The summed E-state index contributed by atoms with van der Waals surface area (Å²) in [6, 6.07) is 14.7. The first-order valence-corrected chi connectivity index (χ1v) is 8.35. The molecule has 0 saturated heterocycles. The van der Waals surface area contributed by atoms with Crippen molar-refractivity contribution in [1.29, 1.82) is 0 Å². The van der Waals surface area contributed by atoms with Crippen molar-refractivity contribution >= 4 is 40.1 Å². The number of carbonyl (C=O) groups is 2. The minimum Gasteiger partial charge on any atom is -0.462 e. The maximum Gasteiger partial charge on any atom is 0.338 e. The zero-order valence-corrected chi connectivity index (χ0v) is 14.2. The Balaban J connectivity index is 1.83. The molecule has 128 valence electrons. The number of hydrogen-bond acceptors (Lipinski definition) is 4. The fourth-order valence-corrected chi connectivity index (χ4v) is 3.07. The first-order chi connectivity index (χ1) is 12.7. The second-order valence-electron chi connectivity index (χ2n) is 5.91. The van der Waals surface area contributed by atoms with E-state index < -0.39 is 5.97 Å². The zero-order chi connectivity index (χ0) is 18.1. The van der Waals surface area contributed by atoms with Gasteiger partial charge in [0.25, 0.3) is 5.91 Å². The largest absolute Gasteiger partial charge is 0.462 e. The Morgan fingerprint density at radius 3 is 2.88 bits per heavy atom. The Morgan fingerprint density at radius 2 is 2.04 bits per heavy atom. The monoisotopic (exact) mass is 344 g/mol. The van der Waals surface area contributed by atoms with Crippen LogP contribution in [0.25, 0.3) is 22.6 Å². The molecular weight excluding hydrogens is 328 g/mol. The summed E-state index contributed by atoms with van der Waals surface area (Å²) in [5.41, 5.74) is 4.08. The average molecular weight is 344 g/mol. The van der Waals surface area contributed by atoms with Crippen LogP contribution < -0.4 is 5.32 Å². The molecule has 26 heavy (non-hydrogen) atoms. The number of esters is 1. The summed E-state index contributed by atoms with van der Waals surface area (Å²) in [6.45, 7) is 2.06. The predicted octanol–water partition coefficient (Wildman–Crippen LogP) is 3.90. The fourth-order valence-electron chi connectivity index (χ4n) is 3.07. The van der Waals surface area contributed by atoms with E-state index in [1.54, 1.807) is 31.3 Å². The molecule has 1 aliphatic heterocycles. The normalized spacial score (nSPS) is 14.3. The molecule has 1 N–H and O–H groups in total. The highest BCUT2D eigenvalue weighted by Gasteiger charge is 2.25. The molecule has 1 aromatic heterocycles. The van der Waals surface area contributed by atoms with Gasteiger partial charge < -0.3 is 10.1 Å². The second-order valence-corrected chi connectivity index (χ2v) is 5.91. The van der Waals surface area contributed by atoms with Crippen LogP contribution in [0.5, 0.6) is 0 Å². The lowest BCUT2D eigenvalue weighted by atomic mass is 10.00. The van der Waals surface area contributed by atoms with E-state index in [1.807, 2.05) is 36.4 Å². The van der Waals surface area contributed by atoms with E-state index in [4.69, 9.17) is 4.74 Å². The van der Waals surface area contributed by atoms with E-state index >= 15 is 0 Å². The highest BCUT2D eigenvalue weighted by Crippen LogP contribution is 2.34. The highest BCUT2D eigenvalue weighted by atomic mass is 16.5. The van der Waals surface area contributed by atoms with Crippen molar-refractivity contribution in [3.8, 4) is 0 Å². The third kappa shape index (κ3) is 2.73. The standard InChI is InChI=1S/C21H16N2O3/c1-2-26-21(25)14-7-8-19-16(12-14)17(20(24)23-19)11-13-9-10-22-18-6-4-3-5-15(13)18/h3-12H,2H2,1H3,(H,23,24). The zero-order valence-electron chi connectivity index (χ0n) is 14.2. The van der Waals surface area contributed by atoms with Crippen LogP contribution in [-0.2, 0) is 9.53 Å². The van der Waals surface area contributed by atoms with Gasteiger partial charge in [-0.05, 0) is 48.9 Å². The Labute approximate surface area is 150 Å². The van der Waals surface area contributed by atoms with Crippen LogP contribution >= 0.6 is 0 Å². The van der Waals surface area contributed by atoms with Gasteiger partial charge in [0.2, 0.25) is 0 Å². The maximum atomic E-state index is 12.5. The van der Waals surface area contributed by atoms with Gasteiger partial charge in [-0.25, -0.2) is 4.79 Å². The molecule has 0 atom stereocenters. The number of nitrogens with one attached hydrogen (secondary N) is 1. The summed E-state index contributed by atoms with van der Waals surface area (Å²) in [5.74, 6) is -0.592. The van der Waals surface area contributed by atoms with Gasteiger partial charge in [0.1, 0.15) is 0 Å². The van der Waals surface area contributed by atoms with E-state index in [-0.39, 0.29) is 5.91 Å². The molecule has 1 amide bonds. The molecule has 0 bridgehead atoms. The molecule has 0 saturated carbocycles. The first-order valence-electron chi connectivity index (χ1n) is 8.35. The van der Waals surface area contributed by atoms with Gasteiger partial charge in [0.15, 0.2) is 0 Å². The van der Waals surface area contributed by atoms with E-state index in [1.165, 1.54) is 0 Å². The molecule has 1 aliphatic rings. The van der Waals surface area contributed by atoms with Crippen molar-refractivity contribution in [1.82, 2.24) is 4.98 Å². The summed E-state index contributed by atoms with van der Waals surface area (Å²) in [6.07, 6.45) is 3.55. The number of fused-ring (bicyclic) bond motifs is 2.